The van der Waals surface area contributed by atoms with Crippen LogP contribution in [0.25, 0.3) is 0 Å². The SMILES string of the molecule is CC(C)Cn1cccc(N(C)c2ccc3c(c2)CN(CC2CC2)CC3)c1=O. The number of hydrogen-bond donors (Lipinski definition) is 0. The van der Waals surface area contributed by atoms with Crippen LogP contribution in [0, 0.1) is 11.8 Å². The van der Waals surface area contributed by atoms with Crippen LogP contribution in [0.1, 0.15) is 37.8 Å². The number of nitrogens with zero attached hydrogens (tertiary/aromatic N) is 3. The Kier molecular flexibility index (Phi) is 5.09. The van der Waals surface area contributed by atoms with Crippen LogP contribution in [-0.4, -0.2) is 29.6 Å². The number of rotatable bonds is 6. The van der Waals surface area contributed by atoms with E-state index in [0.717, 1.165) is 36.8 Å². The number of anilines is 2. The van der Waals surface area contributed by atoms with E-state index in [9.17, 15) is 4.79 Å². The van der Waals surface area contributed by atoms with Gasteiger partial charge in [-0.3, -0.25) is 9.69 Å². The van der Waals surface area contributed by atoms with Crippen molar-refractivity contribution in [3.05, 3.63) is 58.0 Å². The fraction of sp³-hybridized carbons (Fsp3) is 0.522. The lowest BCUT2D eigenvalue weighted by atomic mass is 9.98. The normalized spacial score (nSPS) is 17.2. The topological polar surface area (TPSA) is 28.5 Å². The van der Waals surface area contributed by atoms with Crippen molar-refractivity contribution in [1.82, 2.24) is 9.47 Å². The summed E-state index contributed by atoms with van der Waals surface area (Å²) in [5.74, 6) is 1.38. The van der Waals surface area contributed by atoms with Gasteiger partial charge in [-0.05, 0) is 66.5 Å². The molecule has 1 aromatic carbocycles. The van der Waals surface area contributed by atoms with Crippen LogP contribution < -0.4 is 10.5 Å². The number of hydrogen-bond acceptors (Lipinski definition) is 3. The van der Waals surface area contributed by atoms with Crippen molar-refractivity contribution >= 4 is 11.4 Å². The second-order valence-electron chi connectivity index (χ2n) is 8.69. The molecule has 4 nitrogen and oxygen atoms in total. The van der Waals surface area contributed by atoms with Crippen molar-refractivity contribution in [3.8, 4) is 0 Å². The first kappa shape index (κ1) is 18.3. The molecular formula is C23H31N3O. The van der Waals surface area contributed by atoms with E-state index < -0.39 is 0 Å². The zero-order chi connectivity index (χ0) is 19.0. The van der Waals surface area contributed by atoms with E-state index in [4.69, 9.17) is 0 Å². The zero-order valence-corrected chi connectivity index (χ0v) is 16.8. The summed E-state index contributed by atoms with van der Waals surface area (Å²) in [6.45, 7) is 8.50. The van der Waals surface area contributed by atoms with Crippen LogP contribution in [0.3, 0.4) is 0 Å². The molecule has 0 amide bonds. The second kappa shape index (κ2) is 7.51. The third-order valence-electron chi connectivity index (χ3n) is 5.81. The lowest BCUT2D eigenvalue weighted by molar-refractivity contribution is 0.244. The Bertz CT molecular complexity index is 866. The van der Waals surface area contributed by atoms with Gasteiger partial charge in [0.05, 0.1) is 0 Å². The molecule has 2 heterocycles. The molecule has 1 aliphatic heterocycles. The molecule has 1 aromatic heterocycles. The predicted octanol–water partition coefficient (Wildman–Crippen LogP) is 4.04. The quantitative estimate of drug-likeness (QED) is 0.773. The summed E-state index contributed by atoms with van der Waals surface area (Å²) in [4.78, 5) is 17.5. The number of aromatic nitrogens is 1. The van der Waals surface area contributed by atoms with Gasteiger partial charge in [-0.1, -0.05) is 19.9 Å². The van der Waals surface area contributed by atoms with Gasteiger partial charge in [0.15, 0.2) is 0 Å². The summed E-state index contributed by atoms with van der Waals surface area (Å²) >= 11 is 0. The highest BCUT2D eigenvalue weighted by molar-refractivity contribution is 5.63. The average Bonchev–Trinajstić information content (AvgIpc) is 3.46. The molecule has 1 fully saturated rings. The lowest BCUT2D eigenvalue weighted by Crippen LogP contribution is -2.32. The van der Waals surface area contributed by atoms with E-state index in [1.807, 2.05) is 34.8 Å². The highest BCUT2D eigenvalue weighted by Crippen LogP contribution is 2.32. The van der Waals surface area contributed by atoms with E-state index in [-0.39, 0.29) is 5.56 Å². The molecule has 1 saturated carbocycles. The van der Waals surface area contributed by atoms with Crippen molar-refractivity contribution in [1.29, 1.82) is 0 Å². The van der Waals surface area contributed by atoms with Gasteiger partial charge >= 0.3 is 0 Å². The molecule has 4 rings (SSSR count). The van der Waals surface area contributed by atoms with Gasteiger partial charge in [0.2, 0.25) is 0 Å². The molecule has 144 valence electrons. The molecular weight excluding hydrogens is 334 g/mol. The molecule has 0 radical (unpaired) electrons. The van der Waals surface area contributed by atoms with Crippen molar-refractivity contribution in [2.75, 3.05) is 25.0 Å². The first-order valence-electron chi connectivity index (χ1n) is 10.3. The number of pyridine rings is 1. The van der Waals surface area contributed by atoms with Crippen LogP contribution in [-0.2, 0) is 19.5 Å². The van der Waals surface area contributed by atoms with Gasteiger partial charge < -0.3 is 9.47 Å². The Morgan fingerprint density at radius 2 is 2.00 bits per heavy atom. The van der Waals surface area contributed by atoms with Gasteiger partial charge in [-0.15, -0.1) is 0 Å². The zero-order valence-electron chi connectivity index (χ0n) is 16.8. The van der Waals surface area contributed by atoms with Gasteiger partial charge in [0.1, 0.15) is 5.69 Å². The Morgan fingerprint density at radius 3 is 2.74 bits per heavy atom. The maximum atomic E-state index is 12.9. The molecule has 27 heavy (non-hydrogen) atoms. The summed E-state index contributed by atoms with van der Waals surface area (Å²) in [7, 11) is 2.00. The molecule has 0 spiro atoms. The molecule has 0 atom stereocenters. The summed E-state index contributed by atoms with van der Waals surface area (Å²) in [5.41, 5.74) is 4.81. The third kappa shape index (κ3) is 4.11. The summed E-state index contributed by atoms with van der Waals surface area (Å²) in [5, 5.41) is 0. The molecule has 4 heteroatoms. The summed E-state index contributed by atoms with van der Waals surface area (Å²) in [6.07, 6.45) is 5.84. The maximum Gasteiger partial charge on any atom is 0.274 e. The van der Waals surface area contributed by atoms with E-state index in [0.29, 0.717) is 5.92 Å². The van der Waals surface area contributed by atoms with Crippen LogP contribution in [0.15, 0.2) is 41.3 Å². The Hall–Kier alpha value is -2.07. The highest BCUT2D eigenvalue weighted by Gasteiger charge is 2.26. The Balaban J connectivity index is 1.58. The van der Waals surface area contributed by atoms with Crippen molar-refractivity contribution in [2.24, 2.45) is 11.8 Å². The Morgan fingerprint density at radius 1 is 1.19 bits per heavy atom. The highest BCUT2D eigenvalue weighted by atomic mass is 16.1. The third-order valence-corrected chi connectivity index (χ3v) is 5.81. The first-order chi connectivity index (χ1) is 13.0. The maximum absolute atomic E-state index is 12.9. The molecule has 0 bridgehead atoms. The monoisotopic (exact) mass is 365 g/mol. The predicted molar refractivity (Wildman–Crippen MR) is 112 cm³/mol. The van der Waals surface area contributed by atoms with E-state index in [1.54, 1.807) is 0 Å². The van der Waals surface area contributed by atoms with Crippen LogP contribution in [0.5, 0.6) is 0 Å². The first-order valence-corrected chi connectivity index (χ1v) is 10.3. The van der Waals surface area contributed by atoms with Crippen molar-refractivity contribution in [2.45, 2.75) is 46.2 Å². The molecule has 0 N–H and O–H groups in total. The van der Waals surface area contributed by atoms with Gasteiger partial charge in [0.25, 0.3) is 5.56 Å². The van der Waals surface area contributed by atoms with E-state index >= 15 is 0 Å². The average molecular weight is 366 g/mol. The van der Waals surface area contributed by atoms with Crippen molar-refractivity contribution < 1.29 is 0 Å². The van der Waals surface area contributed by atoms with Gasteiger partial charge in [-0.2, -0.15) is 0 Å². The lowest BCUT2D eigenvalue weighted by Gasteiger charge is -2.30. The van der Waals surface area contributed by atoms with Crippen LogP contribution in [0.2, 0.25) is 0 Å². The second-order valence-corrected chi connectivity index (χ2v) is 8.69. The van der Waals surface area contributed by atoms with Crippen LogP contribution >= 0.6 is 0 Å². The molecule has 0 unspecified atom stereocenters. The molecule has 2 aliphatic rings. The minimum Gasteiger partial charge on any atom is -0.340 e. The minimum absolute atomic E-state index is 0.0850. The summed E-state index contributed by atoms with van der Waals surface area (Å²) in [6, 6.07) is 10.6. The van der Waals surface area contributed by atoms with E-state index in [2.05, 4.69) is 36.9 Å². The van der Waals surface area contributed by atoms with Gasteiger partial charge in [0, 0.05) is 45.1 Å². The molecule has 1 aliphatic carbocycles. The fourth-order valence-electron chi connectivity index (χ4n) is 4.09. The Labute approximate surface area is 162 Å². The number of fused-ring (bicyclic) bond motifs is 1. The van der Waals surface area contributed by atoms with Crippen LogP contribution in [0.4, 0.5) is 11.4 Å². The summed E-state index contributed by atoms with van der Waals surface area (Å²) < 4.78 is 1.83. The largest absolute Gasteiger partial charge is 0.340 e. The standard InChI is InChI=1S/C23H31N3O/c1-17(2)14-26-11-4-5-22(23(26)27)24(3)21-9-8-19-10-12-25(15-18-6-7-18)16-20(19)13-21/h4-5,8-9,11,13,17-18H,6-7,10,12,14-16H2,1-3H3. The van der Waals surface area contributed by atoms with Gasteiger partial charge in [-0.25, -0.2) is 0 Å². The molecule has 0 saturated heterocycles. The number of benzene rings is 1. The van der Waals surface area contributed by atoms with E-state index in [1.165, 1.54) is 37.1 Å². The van der Waals surface area contributed by atoms with Crippen molar-refractivity contribution in [3.63, 3.8) is 0 Å². The minimum atomic E-state index is 0.0850. The smallest absolute Gasteiger partial charge is 0.274 e. The fourth-order valence-corrected chi connectivity index (χ4v) is 4.09. The molecule has 2 aromatic rings.